The number of nitrogens with one attached hydrogen (secondary N) is 1. The summed E-state index contributed by atoms with van der Waals surface area (Å²) in [7, 11) is 0. The van der Waals surface area contributed by atoms with E-state index in [4.69, 9.17) is 0 Å². The van der Waals surface area contributed by atoms with Crippen molar-refractivity contribution < 1.29 is 0 Å². The number of hydrogen-bond acceptors (Lipinski definition) is 1. The predicted molar refractivity (Wildman–Crippen MR) is 88.4 cm³/mol. The Kier molecular flexibility index (Phi) is 4.59. The van der Waals surface area contributed by atoms with E-state index in [2.05, 4.69) is 58.1 Å². The molecule has 1 aromatic rings. The molecular weight excluding hydrogens is 242 g/mol. The van der Waals surface area contributed by atoms with Gasteiger partial charge in [-0.15, -0.1) is 0 Å². The molecule has 0 amide bonds. The molecule has 1 nitrogen and oxygen atoms in total. The number of hydrogen-bond donors (Lipinski definition) is 1. The Labute approximate surface area is 125 Å². The van der Waals surface area contributed by atoms with Crippen LogP contribution in [-0.2, 0) is 5.41 Å². The van der Waals surface area contributed by atoms with E-state index in [1.54, 1.807) is 5.56 Å². The molecule has 1 aromatic carbocycles. The minimum atomic E-state index is 0.374. The van der Waals surface area contributed by atoms with E-state index in [1.165, 1.54) is 36.8 Å². The molecule has 0 heterocycles. The highest BCUT2D eigenvalue weighted by Crippen LogP contribution is 2.59. The summed E-state index contributed by atoms with van der Waals surface area (Å²) in [4.78, 5) is 0. The van der Waals surface area contributed by atoms with Crippen molar-refractivity contribution in [3.63, 3.8) is 0 Å². The molecule has 0 unspecified atom stereocenters. The molecule has 0 radical (unpaired) electrons. The molecule has 0 aliphatic heterocycles. The van der Waals surface area contributed by atoms with Gasteiger partial charge in [0.2, 0.25) is 0 Å². The summed E-state index contributed by atoms with van der Waals surface area (Å²) in [5, 5.41) is 3.61. The summed E-state index contributed by atoms with van der Waals surface area (Å²) in [5.74, 6) is 0. The molecule has 20 heavy (non-hydrogen) atoms. The average molecular weight is 273 g/mol. The summed E-state index contributed by atoms with van der Waals surface area (Å²) in [6, 6.07) is 7.12. The minimum absolute atomic E-state index is 0.374. The average Bonchev–Trinajstić information content (AvgIpc) is 2.37. The first-order valence-electron chi connectivity index (χ1n) is 8.29. The molecule has 0 atom stereocenters. The number of rotatable bonds is 6. The summed E-state index contributed by atoms with van der Waals surface area (Å²) in [5.41, 5.74) is 5.34. The molecule has 1 fully saturated rings. The standard InChI is InChI=1S/C19H31N/c1-6-18(7-2)12-19(13-18,14-20-8-3)17-10-15(4)9-16(5)11-17/h9-11,20H,6-8,12-14H2,1-5H3. The van der Waals surface area contributed by atoms with Crippen molar-refractivity contribution in [3.8, 4) is 0 Å². The summed E-state index contributed by atoms with van der Waals surface area (Å²) < 4.78 is 0. The summed E-state index contributed by atoms with van der Waals surface area (Å²) in [6.45, 7) is 13.6. The molecule has 1 N–H and O–H groups in total. The zero-order valence-corrected chi connectivity index (χ0v) is 14.0. The molecule has 0 aromatic heterocycles. The molecule has 2 rings (SSSR count). The Morgan fingerprint density at radius 3 is 1.95 bits per heavy atom. The zero-order chi connectivity index (χ0) is 14.8. The van der Waals surface area contributed by atoms with Gasteiger partial charge in [0.05, 0.1) is 0 Å². The highest BCUT2D eigenvalue weighted by atomic mass is 14.9. The molecule has 0 bridgehead atoms. The third kappa shape index (κ3) is 2.79. The number of aryl methyl sites for hydroxylation is 2. The maximum absolute atomic E-state index is 3.61. The van der Waals surface area contributed by atoms with Crippen molar-refractivity contribution >= 4 is 0 Å². The van der Waals surface area contributed by atoms with E-state index in [0.29, 0.717) is 10.8 Å². The lowest BCUT2D eigenvalue weighted by atomic mass is 9.48. The van der Waals surface area contributed by atoms with E-state index >= 15 is 0 Å². The molecule has 112 valence electrons. The van der Waals surface area contributed by atoms with Gasteiger partial charge in [-0.25, -0.2) is 0 Å². The van der Waals surface area contributed by atoms with Crippen LogP contribution in [0.1, 0.15) is 63.1 Å². The van der Waals surface area contributed by atoms with Crippen molar-refractivity contribution in [2.24, 2.45) is 5.41 Å². The second-order valence-electron chi connectivity index (χ2n) is 7.00. The van der Waals surface area contributed by atoms with Crippen molar-refractivity contribution in [2.75, 3.05) is 13.1 Å². The van der Waals surface area contributed by atoms with E-state index in [9.17, 15) is 0 Å². The van der Waals surface area contributed by atoms with Gasteiger partial charge in [-0.1, -0.05) is 62.9 Å². The van der Waals surface area contributed by atoms with E-state index in [0.717, 1.165) is 13.1 Å². The smallest absolute Gasteiger partial charge is 0.00885 e. The van der Waals surface area contributed by atoms with Gasteiger partial charge in [0.15, 0.2) is 0 Å². The molecule has 0 saturated heterocycles. The van der Waals surface area contributed by atoms with Crippen molar-refractivity contribution in [2.45, 2.75) is 65.7 Å². The Hall–Kier alpha value is -0.820. The van der Waals surface area contributed by atoms with Crippen LogP contribution in [0, 0.1) is 19.3 Å². The lowest BCUT2D eigenvalue weighted by Crippen LogP contribution is -2.54. The van der Waals surface area contributed by atoms with Crippen LogP contribution in [0.2, 0.25) is 0 Å². The van der Waals surface area contributed by atoms with E-state index in [1.807, 2.05) is 0 Å². The third-order valence-corrected chi connectivity index (χ3v) is 5.47. The van der Waals surface area contributed by atoms with Gasteiger partial charge >= 0.3 is 0 Å². The Morgan fingerprint density at radius 1 is 0.950 bits per heavy atom. The maximum atomic E-state index is 3.61. The number of benzene rings is 1. The Bertz CT molecular complexity index is 429. The predicted octanol–water partition coefficient (Wildman–Crippen LogP) is 4.75. The zero-order valence-electron chi connectivity index (χ0n) is 14.0. The van der Waals surface area contributed by atoms with Crippen molar-refractivity contribution in [3.05, 3.63) is 34.9 Å². The van der Waals surface area contributed by atoms with Gasteiger partial charge in [0.25, 0.3) is 0 Å². The molecule has 1 aliphatic carbocycles. The quantitative estimate of drug-likeness (QED) is 0.788. The highest BCUT2D eigenvalue weighted by Gasteiger charge is 2.52. The normalized spacial score (nSPS) is 19.6. The van der Waals surface area contributed by atoms with E-state index in [-0.39, 0.29) is 0 Å². The van der Waals surface area contributed by atoms with Crippen LogP contribution in [0.3, 0.4) is 0 Å². The van der Waals surface area contributed by atoms with Gasteiger partial charge in [0, 0.05) is 12.0 Å². The van der Waals surface area contributed by atoms with Crippen LogP contribution in [0.5, 0.6) is 0 Å². The molecule has 0 spiro atoms. The van der Waals surface area contributed by atoms with Crippen LogP contribution in [0.25, 0.3) is 0 Å². The lowest BCUT2D eigenvalue weighted by Gasteiger charge is -2.57. The van der Waals surface area contributed by atoms with Gasteiger partial charge in [-0.05, 0) is 44.2 Å². The van der Waals surface area contributed by atoms with Crippen molar-refractivity contribution in [1.82, 2.24) is 5.32 Å². The Balaban J connectivity index is 2.30. The Morgan fingerprint density at radius 2 is 1.50 bits per heavy atom. The second kappa shape index (κ2) is 5.89. The maximum Gasteiger partial charge on any atom is 0.00885 e. The summed E-state index contributed by atoms with van der Waals surface area (Å²) in [6.07, 6.45) is 5.34. The van der Waals surface area contributed by atoms with Gasteiger partial charge < -0.3 is 5.32 Å². The third-order valence-electron chi connectivity index (χ3n) is 5.47. The second-order valence-corrected chi connectivity index (χ2v) is 7.00. The summed E-state index contributed by atoms with van der Waals surface area (Å²) >= 11 is 0. The fourth-order valence-corrected chi connectivity index (χ4v) is 4.21. The molecular formula is C19H31N. The van der Waals surface area contributed by atoms with Crippen LogP contribution in [0.4, 0.5) is 0 Å². The van der Waals surface area contributed by atoms with Crippen LogP contribution < -0.4 is 5.32 Å². The van der Waals surface area contributed by atoms with Gasteiger partial charge in [-0.3, -0.25) is 0 Å². The first-order valence-corrected chi connectivity index (χ1v) is 8.29. The van der Waals surface area contributed by atoms with Crippen molar-refractivity contribution in [1.29, 1.82) is 0 Å². The first kappa shape index (κ1) is 15.6. The van der Waals surface area contributed by atoms with Crippen LogP contribution in [0.15, 0.2) is 18.2 Å². The fraction of sp³-hybridized carbons (Fsp3) is 0.684. The number of likely N-dealkylation sites (N-methyl/N-ethyl adjacent to an activating group) is 1. The molecule has 1 heteroatoms. The largest absolute Gasteiger partial charge is 0.316 e. The minimum Gasteiger partial charge on any atom is -0.316 e. The highest BCUT2D eigenvalue weighted by molar-refractivity contribution is 5.37. The topological polar surface area (TPSA) is 12.0 Å². The molecule has 1 aliphatic rings. The fourth-order valence-electron chi connectivity index (χ4n) is 4.21. The SMILES string of the molecule is CCNCC1(c2cc(C)cc(C)c2)CC(CC)(CC)C1. The van der Waals surface area contributed by atoms with Crippen LogP contribution >= 0.6 is 0 Å². The van der Waals surface area contributed by atoms with Gasteiger partial charge in [-0.2, -0.15) is 0 Å². The van der Waals surface area contributed by atoms with Gasteiger partial charge in [0.1, 0.15) is 0 Å². The van der Waals surface area contributed by atoms with E-state index < -0.39 is 0 Å². The van der Waals surface area contributed by atoms with Crippen LogP contribution in [-0.4, -0.2) is 13.1 Å². The monoisotopic (exact) mass is 273 g/mol. The molecule has 1 saturated carbocycles. The first-order chi connectivity index (χ1) is 9.49. The lowest BCUT2D eigenvalue weighted by molar-refractivity contribution is 0.0131.